The second-order valence-corrected chi connectivity index (χ2v) is 5.85. The minimum absolute atomic E-state index is 0.0747. The number of fused-ring (bicyclic) bond motifs is 3. The van der Waals surface area contributed by atoms with Crippen molar-refractivity contribution < 1.29 is 4.79 Å². The first kappa shape index (κ1) is 14.8. The summed E-state index contributed by atoms with van der Waals surface area (Å²) < 4.78 is 0. The molecule has 1 aliphatic rings. The van der Waals surface area contributed by atoms with Crippen LogP contribution in [0.5, 0.6) is 0 Å². The van der Waals surface area contributed by atoms with Crippen molar-refractivity contribution in [2.45, 2.75) is 19.9 Å². The summed E-state index contributed by atoms with van der Waals surface area (Å²) in [7, 11) is 1.94. The van der Waals surface area contributed by atoms with Crippen LogP contribution >= 0.6 is 0 Å². The standard InChI is InChI=1S/C17H21N3O2/c1-3-19(2)11-16(21)20-9-8-13-12-6-4-5-7-14(12)17(22)18-15(13)10-20/h4-7H,3,8-11H2,1-2H3,(H,18,22). The lowest BCUT2D eigenvalue weighted by Crippen LogP contribution is -2.42. The maximum atomic E-state index is 12.3. The van der Waals surface area contributed by atoms with Crippen molar-refractivity contribution in [2.75, 3.05) is 26.7 Å². The lowest BCUT2D eigenvalue weighted by Gasteiger charge is -2.30. The van der Waals surface area contributed by atoms with E-state index in [2.05, 4.69) is 4.98 Å². The zero-order chi connectivity index (χ0) is 15.7. The molecule has 0 aliphatic carbocycles. The number of carbonyl (C=O) groups is 1. The van der Waals surface area contributed by atoms with Crippen LogP contribution < -0.4 is 5.56 Å². The number of likely N-dealkylation sites (N-methyl/N-ethyl adjacent to an activating group) is 1. The summed E-state index contributed by atoms with van der Waals surface area (Å²) in [6, 6.07) is 7.67. The molecule has 2 aromatic rings. The molecule has 0 fully saturated rings. The number of aromatic amines is 1. The Labute approximate surface area is 129 Å². The molecule has 116 valence electrons. The molecule has 22 heavy (non-hydrogen) atoms. The van der Waals surface area contributed by atoms with E-state index in [4.69, 9.17) is 0 Å². The first-order chi connectivity index (χ1) is 10.6. The van der Waals surface area contributed by atoms with Gasteiger partial charge in [0.05, 0.1) is 13.1 Å². The molecular weight excluding hydrogens is 278 g/mol. The topological polar surface area (TPSA) is 56.4 Å². The van der Waals surface area contributed by atoms with Crippen LogP contribution in [0.2, 0.25) is 0 Å². The average Bonchev–Trinajstić information content (AvgIpc) is 2.54. The highest BCUT2D eigenvalue weighted by molar-refractivity contribution is 5.86. The number of amides is 1. The van der Waals surface area contributed by atoms with E-state index in [0.717, 1.165) is 29.4 Å². The summed E-state index contributed by atoms with van der Waals surface area (Å²) in [5, 5.41) is 1.74. The maximum absolute atomic E-state index is 12.3. The van der Waals surface area contributed by atoms with Gasteiger partial charge in [-0.1, -0.05) is 25.1 Å². The molecular formula is C17H21N3O2. The number of benzene rings is 1. The molecule has 1 aromatic heterocycles. The molecule has 1 amide bonds. The van der Waals surface area contributed by atoms with Crippen LogP contribution in [0.3, 0.4) is 0 Å². The van der Waals surface area contributed by atoms with Crippen LogP contribution in [0.1, 0.15) is 18.2 Å². The van der Waals surface area contributed by atoms with Crippen molar-refractivity contribution in [1.29, 1.82) is 0 Å². The Morgan fingerprint density at radius 3 is 2.77 bits per heavy atom. The third-order valence-corrected chi connectivity index (χ3v) is 4.40. The van der Waals surface area contributed by atoms with Gasteiger partial charge in [0, 0.05) is 17.6 Å². The summed E-state index contributed by atoms with van der Waals surface area (Å²) in [6.07, 6.45) is 0.786. The van der Waals surface area contributed by atoms with Crippen LogP contribution in [0.25, 0.3) is 10.8 Å². The Morgan fingerprint density at radius 2 is 2.05 bits per heavy atom. The number of hydrogen-bond donors (Lipinski definition) is 1. The normalized spacial score (nSPS) is 14.4. The Bertz CT molecular complexity index is 766. The van der Waals surface area contributed by atoms with Gasteiger partial charge in [-0.05, 0) is 37.0 Å². The van der Waals surface area contributed by atoms with Crippen LogP contribution in [0, 0.1) is 0 Å². The third-order valence-electron chi connectivity index (χ3n) is 4.40. The number of H-pyrrole nitrogens is 1. The van der Waals surface area contributed by atoms with E-state index >= 15 is 0 Å². The van der Waals surface area contributed by atoms with Crippen LogP contribution in [0.4, 0.5) is 0 Å². The Balaban J connectivity index is 1.91. The minimum atomic E-state index is -0.0747. The molecule has 0 saturated carbocycles. The molecule has 0 atom stereocenters. The summed E-state index contributed by atoms with van der Waals surface area (Å²) in [5.74, 6) is 0.115. The molecule has 1 aliphatic heterocycles. The zero-order valence-electron chi connectivity index (χ0n) is 13.1. The molecule has 1 N–H and O–H groups in total. The number of pyridine rings is 1. The maximum Gasteiger partial charge on any atom is 0.256 e. The van der Waals surface area contributed by atoms with Gasteiger partial charge in [0.1, 0.15) is 0 Å². The molecule has 0 spiro atoms. The van der Waals surface area contributed by atoms with Gasteiger partial charge in [-0.2, -0.15) is 0 Å². The SMILES string of the molecule is CCN(C)CC(=O)N1CCc2c([nH]c(=O)c3ccccc23)C1. The van der Waals surface area contributed by atoms with E-state index in [1.807, 2.05) is 48.0 Å². The molecule has 5 nitrogen and oxygen atoms in total. The van der Waals surface area contributed by atoms with Crippen molar-refractivity contribution in [2.24, 2.45) is 0 Å². The van der Waals surface area contributed by atoms with Crippen molar-refractivity contribution >= 4 is 16.7 Å². The van der Waals surface area contributed by atoms with Crippen molar-refractivity contribution in [3.05, 3.63) is 45.9 Å². The molecule has 5 heteroatoms. The Hall–Kier alpha value is -2.14. The van der Waals surface area contributed by atoms with Gasteiger partial charge in [0.2, 0.25) is 5.91 Å². The van der Waals surface area contributed by atoms with Crippen LogP contribution in [-0.2, 0) is 17.8 Å². The number of hydrogen-bond acceptors (Lipinski definition) is 3. The molecule has 2 heterocycles. The fourth-order valence-electron chi connectivity index (χ4n) is 2.98. The first-order valence-electron chi connectivity index (χ1n) is 7.69. The molecule has 0 radical (unpaired) electrons. The van der Waals surface area contributed by atoms with E-state index in [-0.39, 0.29) is 11.5 Å². The highest BCUT2D eigenvalue weighted by atomic mass is 16.2. The summed E-state index contributed by atoms with van der Waals surface area (Å²) in [5.41, 5.74) is 1.97. The van der Waals surface area contributed by atoms with Crippen LogP contribution in [0.15, 0.2) is 29.1 Å². The smallest absolute Gasteiger partial charge is 0.256 e. The van der Waals surface area contributed by atoms with Gasteiger partial charge in [-0.15, -0.1) is 0 Å². The predicted octanol–water partition coefficient (Wildman–Crippen LogP) is 1.36. The highest BCUT2D eigenvalue weighted by Gasteiger charge is 2.23. The van der Waals surface area contributed by atoms with E-state index in [1.54, 1.807) is 0 Å². The summed E-state index contributed by atoms with van der Waals surface area (Å²) in [6.45, 7) is 4.49. The minimum Gasteiger partial charge on any atom is -0.335 e. The number of rotatable bonds is 3. The van der Waals surface area contributed by atoms with Gasteiger partial charge in [-0.3, -0.25) is 14.5 Å². The monoisotopic (exact) mass is 299 g/mol. The van der Waals surface area contributed by atoms with E-state index in [1.165, 1.54) is 5.56 Å². The summed E-state index contributed by atoms with van der Waals surface area (Å²) in [4.78, 5) is 31.3. The Morgan fingerprint density at radius 1 is 1.32 bits per heavy atom. The van der Waals surface area contributed by atoms with Crippen molar-refractivity contribution in [1.82, 2.24) is 14.8 Å². The predicted molar refractivity (Wildman–Crippen MR) is 86.9 cm³/mol. The fourth-order valence-corrected chi connectivity index (χ4v) is 2.98. The third kappa shape index (κ3) is 2.64. The molecule has 3 rings (SSSR count). The number of nitrogens with one attached hydrogen (secondary N) is 1. The fraction of sp³-hybridized carbons (Fsp3) is 0.412. The number of aromatic nitrogens is 1. The molecule has 0 saturated heterocycles. The lowest BCUT2D eigenvalue weighted by molar-refractivity contribution is -0.133. The largest absolute Gasteiger partial charge is 0.335 e. The van der Waals surface area contributed by atoms with Gasteiger partial charge < -0.3 is 9.88 Å². The zero-order valence-corrected chi connectivity index (χ0v) is 13.1. The van der Waals surface area contributed by atoms with E-state index in [0.29, 0.717) is 19.6 Å². The van der Waals surface area contributed by atoms with Crippen molar-refractivity contribution in [3.63, 3.8) is 0 Å². The molecule has 1 aromatic carbocycles. The molecule has 0 bridgehead atoms. The van der Waals surface area contributed by atoms with Gasteiger partial charge >= 0.3 is 0 Å². The van der Waals surface area contributed by atoms with Crippen molar-refractivity contribution in [3.8, 4) is 0 Å². The second kappa shape index (κ2) is 5.93. The quantitative estimate of drug-likeness (QED) is 0.931. The van der Waals surface area contributed by atoms with Gasteiger partial charge in [0.25, 0.3) is 5.56 Å². The van der Waals surface area contributed by atoms with E-state index < -0.39 is 0 Å². The van der Waals surface area contributed by atoms with Gasteiger partial charge in [0.15, 0.2) is 0 Å². The molecule has 0 unspecified atom stereocenters. The first-order valence-corrected chi connectivity index (χ1v) is 7.69. The average molecular weight is 299 g/mol. The Kier molecular flexibility index (Phi) is 3.98. The number of carbonyl (C=O) groups excluding carboxylic acids is 1. The summed E-state index contributed by atoms with van der Waals surface area (Å²) >= 11 is 0. The van der Waals surface area contributed by atoms with Crippen LogP contribution in [-0.4, -0.2) is 47.4 Å². The highest BCUT2D eigenvalue weighted by Crippen LogP contribution is 2.23. The number of nitrogens with zero attached hydrogens (tertiary/aromatic N) is 2. The second-order valence-electron chi connectivity index (χ2n) is 5.85. The van der Waals surface area contributed by atoms with E-state index in [9.17, 15) is 9.59 Å². The van der Waals surface area contributed by atoms with Gasteiger partial charge in [-0.25, -0.2) is 0 Å². The lowest BCUT2D eigenvalue weighted by atomic mass is 9.98.